The highest BCUT2D eigenvalue weighted by atomic mass is 32.2. The van der Waals surface area contributed by atoms with E-state index in [1.807, 2.05) is 60.9 Å². The molecule has 2 aromatic carbocycles. The molecule has 0 bridgehead atoms. The van der Waals surface area contributed by atoms with Crippen LogP contribution in [-0.2, 0) is 17.8 Å². The molecule has 6 heteroatoms. The van der Waals surface area contributed by atoms with Gasteiger partial charge in [-0.05, 0) is 42.2 Å². The lowest BCUT2D eigenvalue weighted by Gasteiger charge is -2.10. The van der Waals surface area contributed by atoms with Crippen molar-refractivity contribution in [3.05, 3.63) is 84.3 Å². The van der Waals surface area contributed by atoms with Crippen molar-refractivity contribution >= 4 is 34.5 Å². The minimum Gasteiger partial charge on any atom is -0.326 e. The largest absolute Gasteiger partial charge is 0.326 e. The number of hydrogen-bond acceptors (Lipinski definition) is 4. The molecular weight excluding hydrogens is 380 g/mol. The molecule has 0 unspecified atom stereocenters. The summed E-state index contributed by atoms with van der Waals surface area (Å²) < 4.78 is 2.10. The van der Waals surface area contributed by atoms with Gasteiger partial charge in [0.1, 0.15) is 11.3 Å². The third kappa shape index (κ3) is 4.66. The zero-order valence-electron chi connectivity index (χ0n) is 16.2. The van der Waals surface area contributed by atoms with Crippen LogP contribution in [0.2, 0.25) is 0 Å². The summed E-state index contributed by atoms with van der Waals surface area (Å²) >= 11 is 1.65. The average molecular weight is 403 g/mol. The van der Waals surface area contributed by atoms with E-state index in [1.165, 1.54) is 5.56 Å². The van der Waals surface area contributed by atoms with Gasteiger partial charge in [0.15, 0.2) is 5.65 Å². The monoisotopic (exact) mass is 402 g/mol. The third-order valence-corrected chi connectivity index (χ3v) is 5.42. The van der Waals surface area contributed by atoms with Crippen molar-refractivity contribution in [2.75, 3.05) is 11.6 Å². The van der Waals surface area contributed by atoms with Gasteiger partial charge in [-0.15, -0.1) is 11.8 Å². The molecule has 4 rings (SSSR count). The Hall–Kier alpha value is -3.12. The van der Waals surface area contributed by atoms with E-state index in [9.17, 15) is 4.79 Å². The lowest BCUT2D eigenvalue weighted by Crippen LogP contribution is -2.14. The molecule has 146 valence electrons. The summed E-state index contributed by atoms with van der Waals surface area (Å²) in [4.78, 5) is 22.9. The molecule has 0 saturated heterocycles. The average Bonchev–Trinajstić information content (AvgIpc) is 3.10. The van der Waals surface area contributed by atoms with Gasteiger partial charge in [-0.3, -0.25) is 4.79 Å². The molecule has 5 nitrogen and oxygen atoms in total. The molecule has 0 aliphatic heterocycles. The summed E-state index contributed by atoms with van der Waals surface area (Å²) in [6, 6.07) is 21.9. The van der Waals surface area contributed by atoms with E-state index in [1.54, 1.807) is 18.0 Å². The number of pyridine rings is 1. The van der Waals surface area contributed by atoms with Crippen LogP contribution in [0.5, 0.6) is 0 Å². The summed E-state index contributed by atoms with van der Waals surface area (Å²) in [5.41, 5.74) is 3.70. The maximum absolute atomic E-state index is 12.5. The maximum Gasteiger partial charge on any atom is 0.224 e. The minimum absolute atomic E-state index is 0.0190. The van der Waals surface area contributed by atoms with Crippen LogP contribution in [0.1, 0.15) is 17.8 Å². The Morgan fingerprint density at radius 3 is 2.76 bits per heavy atom. The second-order valence-electron chi connectivity index (χ2n) is 6.73. The predicted octanol–water partition coefficient (Wildman–Crippen LogP) is 4.77. The molecule has 2 aromatic heterocycles. The van der Waals surface area contributed by atoms with Gasteiger partial charge < -0.3 is 9.88 Å². The van der Waals surface area contributed by atoms with E-state index in [2.05, 4.69) is 27.0 Å². The number of aryl methyl sites for hydroxylation is 1. The van der Waals surface area contributed by atoms with Crippen LogP contribution in [-0.4, -0.2) is 26.7 Å². The van der Waals surface area contributed by atoms with Crippen molar-refractivity contribution in [2.24, 2.45) is 0 Å². The van der Waals surface area contributed by atoms with E-state index < -0.39 is 0 Å². The lowest BCUT2D eigenvalue weighted by molar-refractivity contribution is -0.116. The standard InChI is InChI=1S/C23H22N4OS/c1-29-19-10-5-9-18(15-19)25-22(28)13-12-21-26-20-11-6-14-24-23(20)27(21)16-17-7-3-2-4-8-17/h2-11,14-15H,12-13,16H2,1H3,(H,25,28). The van der Waals surface area contributed by atoms with Crippen LogP contribution >= 0.6 is 11.8 Å². The molecule has 0 aliphatic rings. The molecular formula is C23H22N4OS. The van der Waals surface area contributed by atoms with Crippen molar-refractivity contribution < 1.29 is 4.79 Å². The van der Waals surface area contributed by atoms with Crippen molar-refractivity contribution in [3.8, 4) is 0 Å². The van der Waals surface area contributed by atoms with Crippen LogP contribution in [0.4, 0.5) is 5.69 Å². The molecule has 2 heterocycles. The number of aromatic nitrogens is 3. The first-order chi connectivity index (χ1) is 14.2. The minimum atomic E-state index is -0.0190. The molecule has 1 N–H and O–H groups in total. The Bertz CT molecular complexity index is 1120. The van der Waals surface area contributed by atoms with Crippen molar-refractivity contribution in [1.82, 2.24) is 14.5 Å². The zero-order chi connectivity index (χ0) is 20.1. The van der Waals surface area contributed by atoms with Crippen molar-refractivity contribution in [1.29, 1.82) is 0 Å². The fourth-order valence-electron chi connectivity index (χ4n) is 3.28. The highest BCUT2D eigenvalue weighted by Crippen LogP contribution is 2.20. The second kappa shape index (κ2) is 8.92. The van der Waals surface area contributed by atoms with E-state index in [-0.39, 0.29) is 5.91 Å². The van der Waals surface area contributed by atoms with Crippen molar-refractivity contribution in [3.63, 3.8) is 0 Å². The Morgan fingerprint density at radius 2 is 1.93 bits per heavy atom. The fraction of sp³-hybridized carbons (Fsp3) is 0.174. The summed E-state index contributed by atoms with van der Waals surface area (Å²) in [6.45, 7) is 0.682. The topological polar surface area (TPSA) is 59.8 Å². The zero-order valence-corrected chi connectivity index (χ0v) is 17.0. The number of anilines is 1. The van der Waals surface area contributed by atoms with E-state index in [0.29, 0.717) is 19.4 Å². The van der Waals surface area contributed by atoms with Crippen LogP contribution in [0, 0.1) is 0 Å². The van der Waals surface area contributed by atoms with Gasteiger partial charge >= 0.3 is 0 Å². The first kappa shape index (κ1) is 19.2. The summed E-state index contributed by atoms with van der Waals surface area (Å²) in [5.74, 6) is 0.852. The van der Waals surface area contributed by atoms with E-state index in [4.69, 9.17) is 4.98 Å². The van der Waals surface area contributed by atoms with Crippen molar-refractivity contribution in [2.45, 2.75) is 24.3 Å². The number of thioether (sulfide) groups is 1. The van der Waals surface area contributed by atoms with Gasteiger partial charge in [0.2, 0.25) is 5.91 Å². The fourth-order valence-corrected chi connectivity index (χ4v) is 3.74. The molecule has 0 aliphatic carbocycles. The molecule has 0 fully saturated rings. The van der Waals surface area contributed by atoms with Crippen LogP contribution < -0.4 is 5.32 Å². The van der Waals surface area contributed by atoms with Gasteiger partial charge in [-0.25, -0.2) is 9.97 Å². The smallest absolute Gasteiger partial charge is 0.224 e. The molecule has 29 heavy (non-hydrogen) atoms. The number of nitrogens with zero attached hydrogens (tertiary/aromatic N) is 3. The van der Waals surface area contributed by atoms with Crippen LogP contribution in [0.15, 0.2) is 77.8 Å². The first-order valence-electron chi connectivity index (χ1n) is 9.51. The number of fused-ring (bicyclic) bond motifs is 1. The molecule has 4 aromatic rings. The van der Waals surface area contributed by atoms with E-state index >= 15 is 0 Å². The third-order valence-electron chi connectivity index (χ3n) is 4.70. The Morgan fingerprint density at radius 1 is 1.07 bits per heavy atom. The van der Waals surface area contributed by atoms with Gasteiger partial charge in [-0.2, -0.15) is 0 Å². The summed E-state index contributed by atoms with van der Waals surface area (Å²) in [7, 11) is 0. The van der Waals surface area contributed by atoms with Crippen LogP contribution in [0.3, 0.4) is 0 Å². The predicted molar refractivity (Wildman–Crippen MR) is 118 cm³/mol. The summed E-state index contributed by atoms with van der Waals surface area (Å²) in [6.07, 6.45) is 4.71. The maximum atomic E-state index is 12.5. The number of benzene rings is 2. The number of amides is 1. The highest BCUT2D eigenvalue weighted by Gasteiger charge is 2.14. The molecule has 0 spiro atoms. The van der Waals surface area contributed by atoms with Gasteiger partial charge in [0.05, 0.1) is 6.54 Å². The molecule has 0 atom stereocenters. The van der Waals surface area contributed by atoms with Crippen LogP contribution in [0.25, 0.3) is 11.2 Å². The number of carbonyl (C=O) groups excluding carboxylic acids is 1. The summed E-state index contributed by atoms with van der Waals surface area (Å²) in [5, 5.41) is 2.98. The lowest BCUT2D eigenvalue weighted by atomic mass is 10.2. The Labute approximate surface area is 174 Å². The normalized spacial score (nSPS) is 10.9. The molecule has 0 radical (unpaired) electrons. The molecule has 0 saturated carbocycles. The van der Waals surface area contributed by atoms with Gasteiger partial charge in [-0.1, -0.05) is 36.4 Å². The number of imidazole rings is 1. The SMILES string of the molecule is CSc1cccc(NC(=O)CCc2nc3cccnc3n2Cc2ccccc2)c1. The first-order valence-corrected chi connectivity index (χ1v) is 10.7. The van der Waals surface area contributed by atoms with E-state index in [0.717, 1.165) is 27.6 Å². The Balaban J connectivity index is 1.51. The molecule has 1 amide bonds. The number of rotatable bonds is 7. The highest BCUT2D eigenvalue weighted by molar-refractivity contribution is 7.98. The number of hydrogen-bond donors (Lipinski definition) is 1. The van der Waals surface area contributed by atoms with Gasteiger partial charge in [0, 0.05) is 29.6 Å². The quantitative estimate of drug-likeness (QED) is 0.452. The Kier molecular flexibility index (Phi) is 5.91. The van der Waals surface area contributed by atoms with Gasteiger partial charge in [0.25, 0.3) is 0 Å². The number of nitrogens with one attached hydrogen (secondary N) is 1. The number of carbonyl (C=O) groups is 1. The second-order valence-corrected chi connectivity index (χ2v) is 7.61.